The van der Waals surface area contributed by atoms with Crippen LogP contribution in [0.15, 0.2) is 0 Å². The maximum atomic E-state index is 12.7. The smallest absolute Gasteiger partial charge is 0.249 e. The zero-order valence-electron chi connectivity index (χ0n) is 17.2. The Labute approximate surface area is 167 Å². The molecule has 7 heteroatoms. The summed E-state index contributed by atoms with van der Waals surface area (Å²) in [6, 6.07) is -0.400. The van der Waals surface area contributed by atoms with Crippen LogP contribution >= 0.6 is 11.3 Å². The number of hydrogen-bond donors (Lipinski definition) is 1. The quantitative estimate of drug-likeness (QED) is 0.629. The number of likely N-dealkylation sites (tertiary alicyclic amines) is 1. The minimum absolute atomic E-state index is 0.0289. The Morgan fingerprint density at radius 1 is 1.15 bits per heavy atom. The molecule has 1 aliphatic heterocycles. The fraction of sp³-hybridized carbons (Fsp3) is 0.800. The topological polar surface area (TPSA) is 75.2 Å². The number of carbonyl (C=O) groups excluding carboxylic acids is 2. The summed E-state index contributed by atoms with van der Waals surface area (Å²) in [7, 11) is 0. The van der Waals surface area contributed by atoms with Crippen molar-refractivity contribution in [3.05, 3.63) is 5.01 Å². The van der Waals surface area contributed by atoms with Gasteiger partial charge in [0.25, 0.3) is 0 Å². The molecule has 0 spiro atoms. The van der Waals surface area contributed by atoms with Crippen molar-refractivity contribution in [1.29, 1.82) is 0 Å². The van der Waals surface area contributed by atoms with Crippen molar-refractivity contribution in [3.63, 3.8) is 0 Å². The zero-order valence-corrected chi connectivity index (χ0v) is 18.0. The molecule has 1 aliphatic rings. The number of unbranched alkanes of at least 4 members (excludes halogenated alkanes) is 5. The molecule has 1 saturated heterocycles. The molecule has 1 unspecified atom stereocenters. The van der Waals surface area contributed by atoms with Crippen molar-refractivity contribution in [1.82, 2.24) is 15.1 Å². The number of rotatable bonds is 9. The third-order valence-electron chi connectivity index (χ3n) is 4.90. The molecule has 2 amide bonds. The Kier molecular flexibility index (Phi) is 8.20. The van der Waals surface area contributed by atoms with E-state index in [9.17, 15) is 9.59 Å². The Hall–Kier alpha value is -1.50. The van der Waals surface area contributed by atoms with Crippen LogP contribution in [0.4, 0.5) is 5.13 Å². The highest BCUT2D eigenvalue weighted by atomic mass is 32.1. The molecule has 0 bridgehead atoms. The summed E-state index contributed by atoms with van der Waals surface area (Å²) < 4.78 is 0. The van der Waals surface area contributed by atoms with Gasteiger partial charge in [-0.25, -0.2) is 0 Å². The monoisotopic (exact) mass is 394 g/mol. The number of amides is 2. The van der Waals surface area contributed by atoms with Crippen LogP contribution in [0.25, 0.3) is 0 Å². The van der Waals surface area contributed by atoms with Gasteiger partial charge in [-0.2, -0.15) is 0 Å². The lowest BCUT2D eigenvalue weighted by Crippen LogP contribution is -2.47. The summed E-state index contributed by atoms with van der Waals surface area (Å²) in [6.07, 6.45) is 9.96. The highest BCUT2D eigenvalue weighted by molar-refractivity contribution is 7.15. The fourth-order valence-electron chi connectivity index (χ4n) is 3.36. The summed E-state index contributed by atoms with van der Waals surface area (Å²) in [6.45, 7) is 8.54. The van der Waals surface area contributed by atoms with E-state index in [1.165, 1.54) is 43.4 Å². The molecule has 1 fully saturated rings. The standard InChI is InChI=1S/C20H34N4O2S/c1-5-6-7-8-9-10-13-16-22-23-19(27-16)21-17(25)15-12-11-14-24(15)18(26)20(2,3)4/h15H,5-14H2,1-4H3,(H,21,23,25). The normalized spacial score (nSPS) is 17.3. The summed E-state index contributed by atoms with van der Waals surface area (Å²) in [5, 5.41) is 12.7. The van der Waals surface area contributed by atoms with Gasteiger partial charge in [-0.3, -0.25) is 14.9 Å². The van der Waals surface area contributed by atoms with Crippen LogP contribution in [0.5, 0.6) is 0 Å². The third kappa shape index (κ3) is 6.55. The average molecular weight is 395 g/mol. The first-order valence-corrected chi connectivity index (χ1v) is 11.1. The van der Waals surface area contributed by atoms with Gasteiger partial charge in [0, 0.05) is 18.4 Å². The van der Waals surface area contributed by atoms with E-state index in [1.807, 2.05) is 20.8 Å². The molecule has 1 aromatic rings. The minimum atomic E-state index is -0.476. The average Bonchev–Trinajstić information content (AvgIpc) is 3.25. The summed E-state index contributed by atoms with van der Waals surface area (Å²) in [5.74, 6) is -0.117. The van der Waals surface area contributed by atoms with Gasteiger partial charge >= 0.3 is 0 Å². The van der Waals surface area contributed by atoms with Crippen LogP contribution in [-0.2, 0) is 16.0 Å². The van der Waals surface area contributed by atoms with Crippen molar-refractivity contribution < 1.29 is 9.59 Å². The van der Waals surface area contributed by atoms with E-state index in [0.29, 0.717) is 18.1 Å². The third-order valence-corrected chi connectivity index (χ3v) is 5.80. The van der Waals surface area contributed by atoms with Crippen molar-refractivity contribution in [3.8, 4) is 0 Å². The second-order valence-corrected chi connectivity index (χ2v) is 9.48. The largest absolute Gasteiger partial charge is 0.330 e. The van der Waals surface area contributed by atoms with E-state index < -0.39 is 11.5 Å². The lowest BCUT2D eigenvalue weighted by molar-refractivity contribution is -0.143. The molecule has 2 heterocycles. The highest BCUT2D eigenvalue weighted by Crippen LogP contribution is 2.27. The molecule has 27 heavy (non-hydrogen) atoms. The van der Waals surface area contributed by atoms with E-state index in [4.69, 9.17) is 0 Å². The molecule has 0 aliphatic carbocycles. The molecule has 0 radical (unpaired) electrons. The fourth-order valence-corrected chi connectivity index (χ4v) is 4.15. The van der Waals surface area contributed by atoms with Gasteiger partial charge in [0.05, 0.1) is 0 Å². The molecule has 2 rings (SSSR count). The van der Waals surface area contributed by atoms with Gasteiger partial charge in [0.15, 0.2) is 0 Å². The Bertz CT molecular complexity index is 624. The molecule has 0 saturated carbocycles. The van der Waals surface area contributed by atoms with E-state index in [0.717, 1.165) is 24.3 Å². The first-order valence-electron chi connectivity index (χ1n) is 10.3. The van der Waals surface area contributed by atoms with Crippen LogP contribution < -0.4 is 5.32 Å². The molecule has 1 atom stereocenters. The van der Waals surface area contributed by atoms with Gasteiger partial charge in [-0.1, -0.05) is 71.1 Å². The van der Waals surface area contributed by atoms with Crippen molar-refractivity contribution in [2.24, 2.45) is 5.41 Å². The zero-order chi connectivity index (χ0) is 19.9. The summed E-state index contributed by atoms with van der Waals surface area (Å²) in [4.78, 5) is 26.9. The van der Waals surface area contributed by atoms with Gasteiger partial charge in [-0.05, 0) is 19.3 Å². The number of nitrogens with zero attached hydrogens (tertiary/aromatic N) is 3. The van der Waals surface area contributed by atoms with Crippen molar-refractivity contribution in [2.45, 2.75) is 91.5 Å². The lowest BCUT2D eigenvalue weighted by atomic mass is 9.94. The first-order chi connectivity index (χ1) is 12.8. The maximum absolute atomic E-state index is 12.7. The molecule has 6 nitrogen and oxygen atoms in total. The van der Waals surface area contributed by atoms with Crippen molar-refractivity contribution >= 4 is 28.3 Å². The van der Waals surface area contributed by atoms with Gasteiger partial charge < -0.3 is 4.90 Å². The predicted molar refractivity (Wildman–Crippen MR) is 110 cm³/mol. The Morgan fingerprint density at radius 2 is 1.85 bits per heavy atom. The van der Waals surface area contributed by atoms with Crippen LogP contribution in [0, 0.1) is 5.41 Å². The minimum Gasteiger partial charge on any atom is -0.330 e. The molecule has 1 aromatic heterocycles. The van der Waals surface area contributed by atoms with Crippen LogP contribution in [-0.4, -0.2) is 39.5 Å². The molecular formula is C20H34N4O2S. The van der Waals surface area contributed by atoms with E-state index in [1.54, 1.807) is 4.90 Å². The van der Waals surface area contributed by atoms with Gasteiger partial charge in [0.1, 0.15) is 11.0 Å². The molecular weight excluding hydrogens is 360 g/mol. The number of carbonyl (C=O) groups is 2. The van der Waals surface area contributed by atoms with Gasteiger partial charge in [0.2, 0.25) is 16.9 Å². The maximum Gasteiger partial charge on any atom is 0.249 e. The summed E-state index contributed by atoms with van der Waals surface area (Å²) in [5.41, 5.74) is -0.476. The molecule has 0 aromatic carbocycles. The number of aromatic nitrogens is 2. The predicted octanol–water partition coefficient (Wildman–Crippen LogP) is 4.42. The number of hydrogen-bond acceptors (Lipinski definition) is 5. The Morgan fingerprint density at radius 3 is 2.56 bits per heavy atom. The lowest BCUT2D eigenvalue weighted by Gasteiger charge is -2.29. The highest BCUT2D eigenvalue weighted by Gasteiger charge is 2.38. The second-order valence-electron chi connectivity index (χ2n) is 8.41. The number of nitrogens with one attached hydrogen (secondary N) is 1. The number of anilines is 1. The van der Waals surface area contributed by atoms with Crippen molar-refractivity contribution in [2.75, 3.05) is 11.9 Å². The first kappa shape index (κ1) is 21.8. The number of aryl methyl sites for hydroxylation is 1. The van der Waals surface area contributed by atoms with Gasteiger partial charge in [-0.15, -0.1) is 10.2 Å². The SMILES string of the molecule is CCCCCCCCc1nnc(NC(=O)C2CCCN2C(=O)C(C)(C)C)s1. The molecule has 152 valence electrons. The van der Waals surface area contributed by atoms with Crippen LogP contribution in [0.2, 0.25) is 0 Å². The van der Waals surface area contributed by atoms with E-state index in [2.05, 4.69) is 22.4 Å². The van der Waals surface area contributed by atoms with E-state index in [-0.39, 0.29) is 11.8 Å². The second kappa shape index (κ2) is 10.2. The van der Waals surface area contributed by atoms with E-state index >= 15 is 0 Å². The summed E-state index contributed by atoms with van der Waals surface area (Å²) >= 11 is 1.45. The Balaban J connectivity index is 1.82. The van der Waals surface area contributed by atoms with Crippen LogP contribution in [0.1, 0.15) is 84.1 Å². The molecule has 1 N–H and O–H groups in total. The van der Waals surface area contributed by atoms with Crippen LogP contribution in [0.3, 0.4) is 0 Å².